The minimum Gasteiger partial charge on any atom is -0.306 e. The van der Waals surface area contributed by atoms with Crippen LogP contribution in [0.5, 0.6) is 0 Å². The minimum absolute atomic E-state index is 0.260. The minimum atomic E-state index is -4.77. The Hall–Kier alpha value is -3.01. The van der Waals surface area contributed by atoms with Gasteiger partial charge in [-0.15, -0.1) is 11.3 Å². The predicted octanol–water partition coefficient (Wildman–Crippen LogP) is 3.02. The van der Waals surface area contributed by atoms with Crippen molar-refractivity contribution >= 4 is 22.4 Å². The maximum absolute atomic E-state index is 12.7. The summed E-state index contributed by atoms with van der Waals surface area (Å²) in [5.41, 5.74) is -1.41. The van der Waals surface area contributed by atoms with Gasteiger partial charge >= 0.3 is 6.18 Å². The van der Waals surface area contributed by atoms with E-state index >= 15 is 0 Å². The largest absolute Gasteiger partial charge is 0.421 e. The van der Waals surface area contributed by atoms with E-state index in [2.05, 4.69) is 15.3 Å². The van der Waals surface area contributed by atoms with Crippen LogP contribution >= 0.6 is 11.3 Å². The standard InChI is InChI=1S/C16H11F3N4O2S/c17-16(18,19)10-4-3-7-23(14(10)25)8-13(24)22-15-21-12(9-26-15)11-5-1-2-6-20-11/h1-7,9H,8H2,(H,21,22,24). The Labute approximate surface area is 149 Å². The van der Waals surface area contributed by atoms with E-state index in [1.807, 2.05) is 0 Å². The first kappa shape index (κ1) is 17.8. The number of halogens is 3. The smallest absolute Gasteiger partial charge is 0.306 e. The molecule has 0 saturated carbocycles. The van der Waals surface area contributed by atoms with E-state index < -0.39 is 29.8 Å². The number of aromatic nitrogens is 3. The predicted molar refractivity (Wildman–Crippen MR) is 89.7 cm³/mol. The zero-order chi connectivity index (χ0) is 18.7. The van der Waals surface area contributed by atoms with Crippen LogP contribution in [0.4, 0.5) is 18.3 Å². The highest BCUT2D eigenvalue weighted by Crippen LogP contribution is 2.26. The van der Waals surface area contributed by atoms with Gasteiger partial charge in [0.15, 0.2) is 5.13 Å². The summed E-state index contributed by atoms with van der Waals surface area (Å²) in [6, 6.07) is 7.05. The van der Waals surface area contributed by atoms with Crippen molar-refractivity contribution in [3.63, 3.8) is 0 Å². The Balaban J connectivity index is 1.73. The molecule has 0 aliphatic carbocycles. The quantitative estimate of drug-likeness (QED) is 0.755. The van der Waals surface area contributed by atoms with Gasteiger partial charge in [0.05, 0.1) is 5.69 Å². The summed E-state index contributed by atoms with van der Waals surface area (Å²) in [4.78, 5) is 32.2. The number of amides is 1. The first-order chi connectivity index (χ1) is 12.3. The highest BCUT2D eigenvalue weighted by Gasteiger charge is 2.34. The summed E-state index contributed by atoms with van der Waals surface area (Å²) >= 11 is 1.14. The number of alkyl halides is 3. The van der Waals surface area contributed by atoms with Crippen molar-refractivity contribution in [1.29, 1.82) is 0 Å². The Morgan fingerprint density at radius 2 is 2.00 bits per heavy atom. The molecule has 0 aromatic carbocycles. The summed E-state index contributed by atoms with van der Waals surface area (Å²) in [6.07, 6.45) is -2.05. The van der Waals surface area contributed by atoms with E-state index in [-0.39, 0.29) is 5.13 Å². The number of hydrogen-bond acceptors (Lipinski definition) is 5. The summed E-state index contributed by atoms with van der Waals surface area (Å²) in [5.74, 6) is -0.659. The molecule has 10 heteroatoms. The van der Waals surface area contributed by atoms with Crippen molar-refractivity contribution in [2.45, 2.75) is 12.7 Å². The lowest BCUT2D eigenvalue weighted by atomic mass is 10.2. The lowest BCUT2D eigenvalue weighted by Gasteiger charge is -2.09. The molecular formula is C16H11F3N4O2S. The molecule has 0 fully saturated rings. The molecule has 0 saturated heterocycles. The molecule has 0 radical (unpaired) electrons. The van der Waals surface area contributed by atoms with E-state index in [4.69, 9.17) is 0 Å². The second-order valence-electron chi connectivity index (χ2n) is 5.15. The first-order valence-corrected chi connectivity index (χ1v) is 8.16. The average Bonchev–Trinajstić information content (AvgIpc) is 3.05. The number of thiazole rings is 1. The monoisotopic (exact) mass is 380 g/mol. The van der Waals surface area contributed by atoms with Crippen molar-refractivity contribution in [3.05, 3.63) is 64.0 Å². The molecule has 0 spiro atoms. The van der Waals surface area contributed by atoms with Crippen LogP contribution in [-0.4, -0.2) is 20.4 Å². The number of pyridine rings is 2. The maximum Gasteiger partial charge on any atom is 0.421 e. The number of nitrogens with one attached hydrogen (secondary N) is 1. The number of rotatable bonds is 4. The van der Waals surface area contributed by atoms with Crippen LogP contribution in [0, 0.1) is 0 Å². The third-order valence-electron chi connectivity index (χ3n) is 3.32. The van der Waals surface area contributed by atoms with Crippen LogP contribution in [0.15, 0.2) is 52.9 Å². The molecule has 3 aromatic rings. The van der Waals surface area contributed by atoms with E-state index in [1.165, 1.54) is 0 Å². The zero-order valence-electron chi connectivity index (χ0n) is 13.0. The molecule has 0 bridgehead atoms. The summed E-state index contributed by atoms with van der Waals surface area (Å²) in [5, 5.41) is 4.41. The highest BCUT2D eigenvalue weighted by molar-refractivity contribution is 7.14. The second kappa shape index (κ2) is 7.08. The van der Waals surface area contributed by atoms with Gasteiger partial charge < -0.3 is 9.88 Å². The molecule has 134 valence electrons. The molecule has 3 rings (SSSR count). The Morgan fingerprint density at radius 1 is 1.19 bits per heavy atom. The molecule has 6 nitrogen and oxygen atoms in total. The van der Waals surface area contributed by atoms with Gasteiger partial charge in [-0.05, 0) is 24.3 Å². The molecule has 26 heavy (non-hydrogen) atoms. The Bertz CT molecular complexity index is 983. The van der Waals surface area contributed by atoms with E-state index in [0.717, 1.165) is 23.6 Å². The molecule has 0 aliphatic heterocycles. The lowest BCUT2D eigenvalue weighted by molar-refractivity contribution is -0.139. The molecule has 3 heterocycles. The van der Waals surface area contributed by atoms with Crippen molar-refractivity contribution in [3.8, 4) is 11.4 Å². The van der Waals surface area contributed by atoms with Crippen molar-refractivity contribution in [2.75, 3.05) is 5.32 Å². The molecule has 0 aliphatic rings. The highest BCUT2D eigenvalue weighted by atomic mass is 32.1. The fraction of sp³-hybridized carbons (Fsp3) is 0.125. The van der Waals surface area contributed by atoms with Gasteiger partial charge in [-0.3, -0.25) is 14.6 Å². The molecular weight excluding hydrogens is 369 g/mol. The molecule has 0 atom stereocenters. The van der Waals surface area contributed by atoms with Crippen molar-refractivity contribution in [1.82, 2.24) is 14.5 Å². The topological polar surface area (TPSA) is 76.9 Å². The number of hydrogen-bond donors (Lipinski definition) is 1. The summed E-state index contributed by atoms with van der Waals surface area (Å²) in [6.45, 7) is -0.554. The Kier molecular flexibility index (Phi) is 4.85. The van der Waals surface area contributed by atoms with Crippen LogP contribution in [0.2, 0.25) is 0 Å². The normalized spacial score (nSPS) is 11.3. The summed E-state index contributed by atoms with van der Waals surface area (Å²) in [7, 11) is 0. The zero-order valence-corrected chi connectivity index (χ0v) is 13.8. The van der Waals surface area contributed by atoms with Crippen LogP contribution < -0.4 is 10.9 Å². The maximum atomic E-state index is 12.7. The molecule has 3 aromatic heterocycles. The van der Waals surface area contributed by atoms with Crippen LogP contribution in [0.3, 0.4) is 0 Å². The van der Waals surface area contributed by atoms with Crippen LogP contribution in [0.1, 0.15) is 5.56 Å². The van der Waals surface area contributed by atoms with Gasteiger partial charge in [-0.25, -0.2) is 4.98 Å². The second-order valence-corrected chi connectivity index (χ2v) is 6.01. The fourth-order valence-electron chi connectivity index (χ4n) is 2.15. The van der Waals surface area contributed by atoms with Gasteiger partial charge in [0, 0.05) is 17.8 Å². The van der Waals surface area contributed by atoms with Gasteiger partial charge in [0.2, 0.25) is 5.91 Å². The first-order valence-electron chi connectivity index (χ1n) is 7.28. The number of nitrogens with zero attached hydrogens (tertiary/aromatic N) is 3. The van der Waals surface area contributed by atoms with Crippen molar-refractivity contribution in [2.24, 2.45) is 0 Å². The van der Waals surface area contributed by atoms with Gasteiger partial charge in [-0.2, -0.15) is 13.2 Å². The number of carbonyl (C=O) groups excluding carboxylic acids is 1. The third-order valence-corrected chi connectivity index (χ3v) is 4.08. The van der Waals surface area contributed by atoms with Crippen molar-refractivity contribution < 1.29 is 18.0 Å². The van der Waals surface area contributed by atoms with E-state index in [0.29, 0.717) is 22.0 Å². The van der Waals surface area contributed by atoms with E-state index in [9.17, 15) is 22.8 Å². The van der Waals surface area contributed by atoms with Crippen LogP contribution in [-0.2, 0) is 17.5 Å². The number of anilines is 1. The summed E-state index contributed by atoms with van der Waals surface area (Å²) < 4.78 is 38.9. The van der Waals surface area contributed by atoms with Gasteiger partial charge in [0.25, 0.3) is 5.56 Å². The fourth-order valence-corrected chi connectivity index (χ4v) is 2.87. The van der Waals surface area contributed by atoms with Gasteiger partial charge in [-0.1, -0.05) is 6.07 Å². The molecule has 0 unspecified atom stereocenters. The third kappa shape index (κ3) is 3.97. The van der Waals surface area contributed by atoms with Gasteiger partial charge in [0.1, 0.15) is 17.8 Å². The SMILES string of the molecule is O=C(Cn1cccc(C(F)(F)F)c1=O)Nc1nc(-c2ccccn2)cs1. The lowest BCUT2D eigenvalue weighted by Crippen LogP contribution is -2.31. The molecule has 1 N–H and O–H groups in total. The Morgan fingerprint density at radius 3 is 2.69 bits per heavy atom. The molecule has 1 amide bonds. The van der Waals surface area contributed by atoms with E-state index in [1.54, 1.807) is 29.8 Å². The average molecular weight is 380 g/mol. The number of carbonyl (C=O) groups is 1. The van der Waals surface area contributed by atoms with Crippen LogP contribution in [0.25, 0.3) is 11.4 Å².